The zero-order chi connectivity index (χ0) is 22.9. The maximum Gasteiger partial charge on any atom is 0.408 e. The molecule has 0 fully saturated rings. The first-order valence-electron chi connectivity index (χ1n) is 10.2. The van der Waals surface area contributed by atoms with Crippen LogP contribution in [0.1, 0.15) is 54.9 Å². The second-order valence-corrected chi connectivity index (χ2v) is 8.81. The lowest BCUT2D eigenvalue weighted by Crippen LogP contribution is -2.47. The summed E-state index contributed by atoms with van der Waals surface area (Å²) >= 11 is 0. The first kappa shape index (κ1) is 25.3. The number of amides is 2. The van der Waals surface area contributed by atoms with Crippen LogP contribution in [-0.2, 0) is 14.4 Å². The van der Waals surface area contributed by atoms with E-state index in [2.05, 4.69) is 10.5 Å². The highest BCUT2D eigenvalue weighted by molar-refractivity contribution is 5.95. The molecule has 0 heterocycles. The fraction of sp³-hybridized carbons (Fsp3) is 0.591. The third-order valence-electron chi connectivity index (χ3n) is 3.93. The van der Waals surface area contributed by atoms with Crippen LogP contribution in [0.4, 0.5) is 10.5 Å². The highest BCUT2D eigenvalue weighted by atomic mass is 16.6. The van der Waals surface area contributed by atoms with Crippen molar-refractivity contribution < 1.29 is 19.2 Å². The van der Waals surface area contributed by atoms with E-state index in [9.17, 15) is 9.59 Å². The molecule has 1 rings (SSSR count). The van der Waals surface area contributed by atoms with Crippen molar-refractivity contribution in [3.05, 3.63) is 30.3 Å². The Bertz CT molecular complexity index is 712. The molecule has 0 aliphatic rings. The number of para-hydroxylation sites is 1. The van der Waals surface area contributed by atoms with Crippen LogP contribution in [0.5, 0.6) is 0 Å². The minimum Gasteiger partial charge on any atom is -0.444 e. The molecule has 0 aliphatic carbocycles. The molecule has 0 aromatic heterocycles. The Morgan fingerprint density at radius 3 is 2.23 bits per heavy atom. The number of hydrogen-bond donors (Lipinski definition) is 2. The van der Waals surface area contributed by atoms with Gasteiger partial charge in [0.25, 0.3) is 5.91 Å². The topological polar surface area (TPSA) is 106 Å². The summed E-state index contributed by atoms with van der Waals surface area (Å²) in [4.78, 5) is 31.6. The number of ether oxygens (including phenoxy) is 1. The van der Waals surface area contributed by atoms with Gasteiger partial charge >= 0.3 is 6.09 Å². The Kier molecular flexibility index (Phi) is 9.62. The van der Waals surface area contributed by atoms with Gasteiger partial charge < -0.3 is 25.5 Å². The van der Waals surface area contributed by atoms with Gasteiger partial charge in [-0.15, -0.1) is 0 Å². The van der Waals surface area contributed by atoms with Crippen LogP contribution in [0.3, 0.4) is 0 Å². The third-order valence-corrected chi connectivity index (χ3v) is 3.93. The summed E-state index contributed by atoms with van der Waals surface area (Å²) < 4.78 is 5.29. The van der Waals surface area contributed by atoms with E-state index in [1.165, 1.54) is 0 Å². The Labute approximate surface area is 179 Å². The van der Waals surface area contributed by atoms with Crippen LogP contribution in [0, 0.1) is 5.92 Å². The molecular formula is C22H36N4O4. The number of carbonyl (C=O) groups is 2. The van der Waals surface area contributed by atoms with E-state index in [-0.39, 0.29) is 30.3 Å². The highest BCUT2D eigenvalue weighted by Gasteiger charge is 2.24. The maximum absolute atomic E-state index is 12.6. The first-order chi connectivity index (χ1) is 13.9. The minimum atomic E-state index is -0.626. The molecule has 0 aliphatic heterocycles. The molecule has 168 valence electrons. The molecule has 0 saturated heterocycles. The number of alkyl carbamates (subject to hydrolysis) is 1. The summed E-state index contributed by atoms with van der Waals surface area (Å²) in [6.45, 7) is 12.9. The number of rotatable bonds is 9. The lowest BCUT2D eigenvalue weighted by atomic mass is 10.0. The number of nitrogens with one attached hydrogen (secondary N) is 1. The maximum atomic E-state index is 12.6. The Morgan fingerprint density at radius 2 is 1.73 bits per heavy atom. The normalized spacial score (nSPS) is 13.2. The van der Waals surface area contributed by atoms with E-state index in [1.54, 1.807) is 25.7 Å². The smallest absolute Gasteiger partial charge is 0.408 e. The number of oxime groups is 1. The van der Waals surface area contributed by atoms with E-state index in [0.717, 1.165) is 5.69 Å². The monoisotopic (exact) mass is 420 g/mol. The van der Waals surface area contributed by atoms with Crippen LogP contribution in [0.2, 0.25) is 0 Å². The van der Waals surface area contributed by atoms with Crippen molar-refractivity contribution in [1.29, 1.82) is 0 Å². The molecule has 1 aromatic carbocycles. The number of carbonyl (C=O) groups excluding carboxylic acids is 2. The zero-order valence-electron chi connectivity index (χ0n) is 19.1. The number of anilines is 1. The fourth-order valence-electron chi connectivity index (χ4n) is 2.79. The van der Waals surface area contributed by atoms with Crippen molar-refractivity contribution in [3.63, 3.8) is 0 Å². The molecule has 0 spiro atoms. The minimum absolute atomic E-state index is 0.0487. The standard InChI is InChI=1S/C22H36N4O4/c1-15(2)13-18(24-21(28)30-22(5,6)7)20(23)25-29-14-19(27)26(16(3)4)17-11-9-8-10-12-17/h8-12,15-16,18H,13-14H2,1-7H3,(H2,23,25)(H,24,28). The van der Waals surface area contributed by atoms with Crippen LogP contribution >= 0.6 is 0 Å². The molecule has 0 saturated carbocycles. The van der Waals surface area contributed by atoms with Gasteiger partial charge in [-0.05, 0) is 59.1 Å². The largest absolute Gasteiger partial charge is 0.444 e. The number of amidine groups is 1. The summed E-state index contributed by atoms with van der Waals surface area (Å²) in [5.74, 6) is 0.0845. The number of hydrogen-bond acceptors (Lipinski definition) is 5. The van der Waals surface area contributed by atoms with Crippen molar-refractivity contribution in [2.75, 3.05) is 11.5 Å². The Balaban J connectivity index is 2.78. The van der Waals surface area contributed by atoms with Crippen molar-refractivity contribution in [1.82, 2.24) is 5.32 Å². The Morgan fingerprint density at radius 1 is 1.13 bits per heavy atom. The number of nitrogens with zero attached hydrogens (tertiary/aromatic N) is 2. The summed E-state index contributed by atoms with van der Waals surface area (Å²) in [7, 11) is 0. The molecule has 2 amide bonds. The van der Waals surface area contributed by atoms with E-state index < -0.39 is 17.7 Å². The molecule has 1 atom stereocenters. The van der Waals surface area contributed by atoms with E-state index in [4.69, 9.17) is 15.3 Å². The molecular weight excluding hydrogens is 384 g/mol. The van der Waals surface area contributed by atoms with Gasteiger partial charge in [-0.25, -0.2) is 4.79 Å². The van der Waals surface area contributed by atoms with E-state index in [0.29, 0.717) is 6.42 Å². The van der Waals surface area contributed by atoms with Crippen LogP contribution in [0.15, 0.2) is 35.5 Å². The molecule has 3 N–H and O–H groups in total. The van der Waals surface area contributed by atoms with Crippen molar-refractivity contribution in [2.45, 2.75) is 72.6 Å². The van der Waals surface area contributed by atoms with Gasteiger partial charge in [-0.2, -0.15) is 0 Å². The molecule has 1 unspecified atom stereocenters. The van der Waals surface area contributed by atoms with Crippen LogP contribution in [0.25, 0.3) is 0 Å². The quantitative estimate of drug-likeness (QED) is 0.360. The molecule has 1 aromatic rings. The predicted octanol–water partition coefficient (Wildman–Crippen LogP) is 3.66. The van der Waals surface area contributed by atoms with Crippen molar-refractivity contribution in [2.24, 2.45) is 16.8 Å². The zero-order valence-corrected chi connectivity index (χ0v) is 19.1. The molecule has 8 heteroatoms. The summed E-state index contributed by atoms with van der Waals surface area (Å²) in [6.07, 6.45) is -0.0361. The van der Waals surface area contributed by atoms with Crippen molar-refractivity contribution in [3.8, 4) is 0 Å². The average molecular weight is 421 g/mol. The SMILES string of the molecule is CC(C)CC(NC(=O)OC(C)(C)C)/C(N)=N/OCC(=O)N(c1ccccc1)C(C)C. The second-order valence-electron chi connectivity index (χ2n) is 8.81. The molecule has 0 bridgehead atoms. The predicted molar refractivity (Wildman–Crippen MR) is 119 cm³/mol. The molecule has 0 radical (unpaired) electrons. The second kappa shape index (κ2) is 11.4. The fourth-order valence-corrected chi connectivity index (χ4v) is 2.79. The van der Waals surface area contributed by atoms with Gasteiger partial charge in [0.2, 0.25) is 0 Å². The van der Waals surface area contributed by atoms with Gasteiger partial charge in [0.1, 0.15) is 5.60 Å². The first-order valence-corrected chi connectivity index (χ1v) is 10.2. The third kappa shape index (κ3) is 9.15. The lowest BCUT2D eigenvalue weighted by molar-refractivity contribution is -0.123. The Hall–Kier alpha value is -2.77. The number of benzene rings is 1. The summed E-state index contributed by atoms with van der Waals surface area (Å²) in [5, 5.41) is 6.60. The molecule has 8 nitrogen and oxygen atoms in total. The number of nitrogens with two attached hydrogens (primary N) is 1. The van der Waals surface area contributed by atoms with E-state index >= 15 is 0 Å². The van der Waals surface area contributed by atoms with Gasteiger partial charge in [-0.3, -0.25) is 4.79 Å². The van der Waals surface area contributed by atoms with Crippen LogP contribution in [-0.4, -0.2) is 42.1 Å². The van der Waals surface area contributed by atoms with Gasteiger partial charge in [0.05, 0.1) is 6.04 Å². The van der Waals surface area contributed by atoms with Crippen molar-refractivity contribution >= 4 is 23.5 Å². The van der Waals surface area contributed by atoms with E-state index in [1.807, 2.05) is 58.0 Å². The van der Waals surface area contributed by atoms with Gasteiger partial charge in [0, 0.05) is 11.7 Å². The lowest BCUT2D eigenvalue weighted by Gasteiger charge is -2.26. The summed E-state index contributed by atoms with van der Waals surface area (Å²) in [5.41, 5.74) is 6.20. The highest BCUT2D eigenvalue weighted by Crippen LogP contribution is 2.17. The van der Waals surface area contributed by atoms with Crippen LogP contribution < -0.4 is 16.0 Å². The molecule has 30 heavy (non-hydrogen) atoms. The summed E-state index contributed by atoms with van der Waals surface area (Å²) in [6, 6.07) is 8.73. The van der Waals surface area contributed by atoms with Gasteiger partial charge in [-0.1, -0.05) is 37.2 Å². The average Bonchev–Trinajstić information content (AvgIpc) is 2.59. The van der Waals surface area contributed by atoms with Gasteiger partial charge in [0.15, 0.2) is 12.4 Å².